The van der Waals surface area contributed by atoms with Crippen LogP contribution in [0.4, 0.5) is 5.69 Å². The van der Waals surface area contributed by atoms with Crippen LogP contribution in [-0.4, -0.2) is 34.4 Å². The average Bonchev–Trinajstić information content (AvgIpc) is 2.96. The summed E-state index contributed by atoms with van der Waals surface area (Å²) in [6.07, 6.45) is 3.22. The largest absolute Gasteiger partial charge is 0.347 e. The molecule has 1 aromatic carbocycles. The summed E-state index contributed by atoms with van der Waals surface area (Å²) in [5, 5.41) is 12.4. The molecule has 0 aliphatic carbocycles. The number of hydrogen-bond donors (Lipinski definition) is 1. The van der Waals surface area contributed by atoms with Gasteiger partial charge in [-0.2, -0.15) is 5.26 Å². The lowest BCUT2D eigenvalue weighted by molar-refractivity contribution is -0.143. The van der Waals surface area contributed by atoms with Crippen molar-refractivity contribution in [2.75, 3.05) is 12.4 Å². The highest BCUT2D eigenvalue weighted by Gasteiger charge is 2.22. The van der Waals surface area contributed by atoms with Crippen LogP contribution in [-0.2, 0) is 16.1 Å². The standard InChI is InChI=1S/C18H22N4O2/c1-4-10-22-11-8-14-5-6-15(12-16(14)22)20-17(23)18(24)21(3)13(2)7-9-19/h5-6,8,11-13H,4,7,10H2,1-3H3,(H,20,23)/t13-/m1/s1. The number of aromatic nitrogens is 1. The molecule has 1 aromatic heterocycles. The molecule has 0 saturated heterocycles. The summed E-state index contributed by atoms with van der Waals surface area (Å²) in [4.78, 5) is 25.6. The third kappa shape index (κ3) is 3.74. The van der Waals surface area contributed by atoms with Crippen LogP contribution in [0.25, 0.3) is 10.9 Å². The van der Waals surface area contributed by atoms with Gasteiger partial charge >= 0.3 is 11.8 Å². The number of nitriles is 1. The van der Waals surface area contributed by atoms with E-state index in [1.54, 1.807) is 13.0 Å². The zero-order valence-electron chi connectivity index (χ0n) is 14.2. The van der Waals surface area contributed by atoms with Crippen molar-refractivity contribution >= 4 is 28.4 Å². The first-order valence-electron chi connectivity index (χ1n) is 8.02. The predicted molar refractivity (Wildman–Crippen MR) is 93.3 cm³/mol. The van der Waals surface area contributed by atoms with E-state index in [0.29, 0.717) is 5.69 Å². The van der Waals surface area contributed by atoms with E-state index in [0.717, 1.165) is 23.9 Å². The fourth-order valence-electron chi connectivity index (χ4n) is 2.51. The van der Waals surface area contributed by atoms with Crippen molar-refractivity contribution in [2.24, 2.45) is 0 Å². The molecule has 0 spiro atoms. The molecule has 0 aliphatic rings. The van der Waals surface area contributed by atoms with Gasteiger partial charge in [0.2, 0.25) is 0 Å². The van der Waals surface area contributed by atoms with Gasteiger partial charge in [-0.25, -0.2) is 0 Å². The molecule has 0 unspecified atom stereocenters. The second-order valence-corrected chi connectivity index (χ2v) is 5.86. The van der Waals surface area contributed by atoms with Crippen LogP contribution in [0.3, 0.4) is 0 Å². The number of likely N-dealkylation sites (N-methyl/N-ethyl adjacent to an activating group) is 1. The van der Waals surface area contributed by atoms with E-state index in [2.05, 4.69) is 16.8 Å². The first kappa shape index (κ1) is 17.5. The summed E-state index contributed by atoms with van der Waals surface area (Å²) in [7, 11) is 1.53. The number of benzene rings is 1. The summed E-state index contributed by atoms with van der Waals surface area (Å²) >= 11 is 0. The number of aryl methyl sites for hydroxylation is 1. The molecule has 0 saturated carbocycles. The predicted octanol–water partition coefficient (Wildman–Crippen LogP) is 2.75. The number of carbonyl (C=O) groups excluding carboxylic acids is 2. The number of anilines is 1. The average molecular weight is 326 g/mol. The van der Waals surface area contributed by atoms with Gasteiger partial charge in [-0.1, -0.05) is 13.0 Å². The van der Waals surface area contributed by atoms with E-state index < -0.39 is 11.8 Å². The van der Waals surface area contributed by atoms with Crippen LogP contribution in [0.1, 0.15) is 26.7 Å². The number of amides is 2. The van der Waals surface area contributed by atoms with Gasteiger partial charge in [-0.05, 0) is 36.9 Å². The lowest BCUT2D eigenvalue weighted by Crippen LogP contribution is -2.42. The molecule has 0 radical (unpaired) electrons. The Morgan fingerprint density at radius 2 is 2.12 bits per heavy atom. The SMILES string of the molecule is CCCn1ccc2ccc(NC(=O)C(=O)N(C)[C@H](C)CC#N)cc21. The van der Waals surface area contributed by atoms with Gasteiger partial charge in [0.1, 0.15) is 0 Å². The Morgan fingerprint density at radius 1 is 1.38 bits per heavy atom. The van der Waals surface area contributed by atoms with E-state index in [4.69, 9.17) is 5.26 Å². The van der Waals surface area contributed by atoms with Gasteiger partial charge in [0.15, 0.2) is 0 Å². The first-order valence-corrected chi connectivity index (χ1v) is 8.02. The minimum Gasteiger partial charge on any atom is -0.347 e. The van der Waals surface area contributed by atoms with Crippen LogP contribution < -0.4 is 5.32 Å². The number of nitrogens with zero attached hydrogens (tertiary/aromatic N) is 3. The van der Waals surface area contributed by atoms with E-state index >= 15 is 0 Å². The van der Waals surface area contributed by atoms with Gasteiger partial charge < -0.3 is 14.8 Å². The van der Waals surface area contributed by atoms with Crippen molar-refractivity contribution in [3.8, 4) is 6.07 Å². The van der Waals surface area contributed by atoms with Crippen molar-refractivity contribution in [2.45, 2.75) is 39.3 Å². The van der Waals surface area contributed by atoms with Crippen molar-refractivity contribution < 1.29 is 9.59 Å². The van der Waals surface area contributed by atoms with Crippen LogP contribution in [0, 0.1) is 11.3 Å². The Kier molecular flexibility index (Phi) is 5.59. The normalized spacial score (nSPS) is 11.8. The minimum absolute atomic E-state index is 0.187. The second kappa shape index (κ2) is 7.64. The maximum Gasteiger partial charge on any atom is 0.313 e. The van der Waals surface area contributed by atoms with E-state index in [1.165, 1.54) is 11.9 Å². The molecule has 6 heteroatoms. The molecule has 0 fully saturated rings. The van der Waals surface area contributed by atoms with Gasteiger partial charge in [-0.3, -0.25) is 9.59 Å². The smallest absolute Gasteiger partial charge is 0.313 e. The van der Waals surface area contributed by atoms with Gasteiger partial charge in [0.25, 0.3) is 0 Å². The number of hydrogen-bond acceptors (Lipinski definition) is 3. The molecular weight excluding hydrogens is 304 g/mol. The summed E-state index contributed by atoms with van der Waals surface area (Å²) in [6.45, 7) is 4.74. The Labute approximate surface area is 141 Å². The highest BCUT2D eigenvalue weighted by atomic mass is 16.2. The van der Waals surface area contributed by atoms with Gasteiger partial charge in [-0.15, -0.1) is 0 Å². The topological polar surface area (TPSA) is 78.1 Å². The number of carbonyl (C=O) groups is 2. The highest BCUT2D eigenvalue weighted by molar-refractivity contribution is 6.39. The van der Waals surface area contributed by atoms with Gasteiger partial charge in [0.05, 0.1) is 18.0 Å². The van der Waals surface area contributed by atoms with Crippen LogP contribution in [0.2, 0.25) is 0 Å². The molecule has 24 heavy (non-hydrogen) atoms. The molecule has 126 valence electrons. The third-order valence-electron chi connectivity index (χ3n) is 4.06. The Hall–Kier alpha value is -2.81. The summed E-state index contributed by atoms with van der Waals surface area (Å²) < 4.78 is 2.12. The molecule has 2 aromatic rings. The van der Waals surface area contributed by atoms with Crippen LogP contribution in [0.5, 0.6) is 0 Å². The molecule has 1 N–H and O–H groups in total. The third-order valence-corrected chi connectivity index (χ3v) is 4.06. The summed E-state index contributed by atoms with van der Waals surface area (Å²) in [6, 6.07) is 9.29. The fraction of sp³-hybridized carbons (Fsp3) is 0.389. The molecule has 6 nitrogen and oxygen atoms in total. The van der Waals surface area contributed by atoms with Crippen LogP contribution >= 0.6 is 0 Å². The van der Waals surface area contributed by atoms with Crippen molar-refractivity contribution in [3.63, 3.8) is 0 Å². The number of rotatable bonds is 5. The molecule has 0 aliphatic heterocycles. The zero-order chi connectivity index (χ0) is 17.7. The minimum atomic E-state index is -0.699. The number of nitrogens with one attached hydrogen (secondary N) is 1. The maximum atomic E-state index is 12.2. The maximum absolute atomic E-state index is 12.2. The Morgan fingerprint density at radius 3 is 2.79 bits per heavy atom. The quantitative estimate of drug-likeness (QED) is 0.858. The molecule has 2 amide bonds. The first-order chi connectivity index (χ1) is 11.5. The summed E-state index contributed by atoms with van der Waals surface area (Å²) in [5.41, 5.74) is 1.60. The molecule has 1 atom stereocenters. The molecule has 1 heterocycles. The monoisotopic (exact) mass is 326 g/mol. The van der Waals surface area contributed by atoms with Gasteiger partial charge in [0, 0.05) is 31.5 Å². The van der Waals surface area contributed by atoms with Crippen molar-refractivity contribution in [1.82, 2.24) is 9.47 Å². The Bertz CT molecular complexity index is 788. The molecule has 0 bridgehead atoms. The lowest BCUT2D eigenvalue weighted by atomic mass is 10.2. The van der Waals surface area contributed by atoms with Crippen LogP contribution in [0.15, 0.2) is 30.5 Å². The molecular formula is C18H22N4O2. The molecule has 2 rings (SSSR count). The van der Waals surface area contributed by atoms with E-state index in [1.807, 2.05) is 30.5 Å². The van der Waals surface area contributed by atoms with E-state index in [-0.39, 0.29) is 12.5 Å². The second-order valence-electron chi connectivity index (χ2n) is 5.86. The van der Waals surface area contributed by atoms with E-state index in [9.17, 15) is 9.59 Å². The van der Waals surface area contributed by atoms with Crippen molar-refractivity contribution in [1.29, 1.82) is 5.26 Å². The van der Waals surface area contributed by atoms with Crippen molar-refractivity contribution in [3.05, 3.63) is 30.5 Å². The highest BCUT2D eigenvalue weighted by Crippen LogP contribution is 2.21. The summed E-state index contributed by atoms with van der Waals surface area (Å²) in [5.74, 6) is -1.35. The lowest BCUT2D eigenvalue weighted by Gasteiger charge is -2.22. The zero-order valence-corrected chi connectivity index (χ0v) is 14.2. The fourth-order valence-corrected chi connectivity index (χ4v) is 2.51. The number of fused-ring (bicyclic) bond motifs is 1. The Balaban J connectivity index is 2.14.